The first kappa shape index (κ1) is 13.1. The molecule has 0 aliphatic rings. The van der Waals surface area contributed by atoms with Crippen molar-refractivity contribution in [1.82, 2.24) is 9.78 Å². The molecule has 0 spiro atoms. The maximum absolute atomic E-state index is 12.0. The molecular formula is C13H12Cl2N2O. The first-order valence-electron chi connectivity index (χ1n) is 5.59. The maximum Gasteiger partial charge on any atom is 0.170 e. The van der Waals surface area contributed by atoms with E-state index in [9.17, 15) is 4.79 Å². The van der Waals surface area contributed by atoms with Crippen LogP contribution in [0.3, 0.4) is 0 Å². The second-order valence-corrected chi connectivity index (χ2v) is 4.76. The summed E-state index contributed by atoms with van der Waals surface area (Å²) in [4.78, 5) is 12.0. The number of benzene rings is 1. The summed E-state index contributed by atoms with van der Waals surface area (Å²) in [7, 11) is 0. The molecular weight excluding hydrogens is 271 g/mol. The van der Waals surface area contributed by atoms with Gasteiger partial charge in [0.15, 0.2) is 5.78 Å². The van der Waals surface area contributed by atoms with Crippen molar-refractivity contribution < 1.29 is 4.79 Å². The van der Waals surface area contributed by atoms with Crippen molar-refractivity contribution in [2.75, 3.05) is 0 Å². The average molecular weight is 283 g/mol. The van der Waals surface area contributed by atoms with E-state index in [0.717, 1.165) is 12.1 Å². The van der Waals surface area contributed by atoms with Gasteiger partial charge in [-0.3, -0.25) is 9.48 Å². The van der Waals surface area contributed by atoms with Crippen molar-refractivity contribution in [2.24, 2.45) is 0 Å². The highest BCUT2D eigenvalue weighted by Crippen LogP contribution is 2.22. The zero-order valence-electron chi connectivity index (χ0n) is 9.86. The molecule has 1 aromatic heterocycles. The van der Waals surface area contributed by atoms with Crippen LogP contribution in [0.2, 0.25) is 10.0 Å². The lowest BCUT2D eigenvalue weighted by Crippen LogP contribution is -2.03. The molecule has 3 nitrogen and oxygen atoms in total. The van der Waals surface area contributed by atoms with Gasteiger partial charge >= 0.3 is 0 Å². The molecule has 18 heavy (non-hydrogen) atoms. The summed E-state index contributed by atoms with van der Waals surface area (Å²) in [5.41, 5.74) is 1.37. The van der Waals surface area contributed by atoms with Gasteiger partial charge < -0.3 is 0 Å². The quantitative estimate of drug-likeness (QED) is 0.803. The van der Waals surface area contributed by atoms with Crippen molar-refractivity contribution in [1.29, 1.82) is 0 Å². The summed E-state index contributed by atoms with van der Waals surface area (Å²) in [6, 6.07) is 5.14. The molecule has 0 amide bonds. The van der Waals surface area contributed by atoms with E-state index >= 15 is 0 Å². The monoisotopic (exact) mass is 282 g/mol. The Morgan fingerprint density at radius 2 is 2.17 bits per heavy atom. The molecule has 2 rings (SSSR count). The highest BCUT2D eigenvalue weighted by molar-refractivity contribution is 6.35. The molecule has 0 saturated carbocycles. The number of hydrogen-bond donors (Lipinski definition) is 0. The van der Waals surface area contributed by atoms with Gasteiger partial charge in [0, 0.05) is 29.2 Å². The van der Waals surface area contributed by atoms with Crippen LogP contribution in [0.25, 0.3) is 0 Å². The third-order valence-corrected chi connectivity index (χ3v) is 3.23. The van der Waals surface area contributed by atoms with Gasteiger partial charge in [0.1, 0.15) is 0 Å². The number of nitrogens with zero attached hydrogens (tertiary/aromatic N) is 2. The lowest BCUT2D eigenvalue weighted by atomic mass is 10.1. The zero-order chi connectivity index (χ0) is 13.1. The lowest BCUT2D eigenvalue weighted by molar-refractivity contribution is 0.0993. The number of halogens is 2. The number of aromatic nitrogens is 2. The van der Waals surface area contributed by atoms with Gasteiger partial charge in [-0.2, -0.15) is 5.10 Å². The van der Waals surface area contributed by atoms with E-state index in [1.54, 1.807) is 35.3 Å². The maximum atomic E-state index is 12.0. The first-order valence-corrected chi connectivity index (χ1v) is 6.35. The van der Waals surface area contributed by atoms with Crippen molar-refractivity contribution in [2.45, 2.75) is 19.9 Å². The number of aryl methyl sites for hydroxylation is 1. The van der Waals surface area contributed by atoms with Gasteiger partial charge in [0.05, 0.1) is 11.8 Å². The third-order valence-electron chi connectivity index (χ3n) is 2.65. The van der Waals surface area contributed by atoms with E-state index in [1.807, 2.05) is 6.92 Å². The summed E-state index contributed by atoms with van der Waals surface area (Å²) < 4.78 is 1.72. The van der Waals surface area contributed by atoms with Gasteiger partial charge in [-0.25, -0.2) is 0 Å². The molecule has 0 saturated heterocycles. The molecule has 0 N–H and O–H groups in total. The normalized spacial score (nSPS) is 10.6. The van der Waals surface area contributed by atoms with Crippen molar-refractivity contribution >= 4 is 29.0 Å². The predicted molar refractivity (Wildman–Crippen MR) is 72.4 cm³/mol. The second-order valence-electron chi connectivity index (χ2n) is 3.92. The fraction of sp³-hybridized carbons (Fsp3) is 0.231. The highest BCUT2D eigenvalue weighted by atomic mass is 35.5. The molecule has 2 aromatic rings. The molecule has 5 heteroatoms. The second kappa shape index (κ2) is 5.55. The van der Waals surface area contributed by atoms with E-state index in [-0.39, 0.29) is 12.2 Å². The number of carbonyl (C=O) groups is 1. The minimum atomic E-state index is -0.000998. The molecule has 0 aliphatic heterocycles. The van der Waals surface area contributed by atoms with Crippen LogP contribution in [-0.2, 0) is 13.0 Å². The van der Waals surface area contributed by atoms with Crippen LogP contribution in [0.1, 0.15) is 22.8 Å². The highest BCUT2D eigenvalue weighted by Gasteiger charge is 2.11. The Morgan fingerprint density at radius 3 is 2.78 bits per heavy atom. The molecule has 0 radical (unpaired) electrons. The summed E-state index contributed by atoms with van der Waals surface area (Å²) in [5, 5.41) is 5.15. The van der Waals surface area contributed by atoms with Crippen molar-refractivity contribution in [3.8, 4) is 0 Å². The first-order chi connectivity index (χ1) is 8.60. The molecule has 1 heterocycles. The standard InChI is InChI=1S/C13H12Cl2N2O/c1-2-17-8-10(7-16-17)13(18)5-9-3-4-11(14)6-12(9)15/h3-4,6-8H,2,5H2,1H3. The van der Waals surface area contributed by atoms with Crippen LogP contribution in [0.5, 0.6) is 0 Å². The van der Waals surface area contributed by atoms with Crippen LogP contribution in [0, 0.1) is 0 Å². The molecule has 0 bridgehead atoms. The van der Waals surface area contributed by atoms with Crippen LogP contribution in [-0.4, -0.2) is 15.6 Å². The van der Waals surface area contributed by atoms with Crippen LogP contribution in [0.4, 0.5) is 0 Å². The molecule has 94 valence electrons. The lowest BCUT2D eigenvalue weighted by Gasteiger charge is -2.02. The SMILES string of the molecule is CCn1cc(C(=O)Cc2ccc(Cl)cc2Cl)cn1. The number of hydrogen-bond acceptors (Lipinski definition) is 2. The summed E-state index contributed by atoms with van der Waals surface area (Å²) in [6.07, 6.45) is 3.58. The fourth-order valence-corrected chi connectivity index (χ4v) is 2.10. The van der Waals surface area contributed by atoms with Crippen LogP contribution in [0.15, 0.2) is 30.6 Å². The molecule has 0 aliphatic carbocycles. The van der Waals surface area contributed by atoms with Crippen LogP contribution < -0.4 is 0 Å². The van der Waals surface area contributed by atoms with Crippen LogP contribution >= 0.6 is 23.2 Å². The summed E-state index contributed by atoms with van der Waals surface area (Å²) in [6.45, 7) is 2.71. The number of carbonyl (C=O) groups excluding carboxylic acids is 1. The number of rotatable bonds is 4. The minimum absolute atomic E-state index is 0.000998. The van der Waals surface area contributed by atoms with Gasteiger partial charge in [-0.1, -0.05) is 29.3 Å². The Kier molecular flexibility index (Phi) is 4.04. The molecule has 1 aromatic carbocycles. The number of ketones is 1. The predicted octanol–water partition coefficient (Wildman–Crippen LogP) is 3.64. The third kappa shape index (κ3) is 2.92. The Morgan fingerprint density at radius 1 is 1.39 bits per heavy atom. The van der Waals surface area contributed by atoms with E-state index in [1.165, 1.54) is 0 Å². The minimum Gasteiger partial charge on any atom is -0.294 e. The van der Waals surface area contributed by atoms with Gasteiger partial charge in [0.25, 0.3) is 0 Å². The van der Waals surface area contributed by atoms with Crippen molar-refractivity contribution in [3.63, 3.8) is 0 Å². The molecule has 0 unspecified atom stereocenters. The Bertz CT molecular complexity index is 578. The fourth-order valence-electron chi connectivity index (χ4n) is 1.62. The summed E-state index contributed by atoms with van der Waals surface area (Å²) in [5.74, 6) is -0.000998. The van der Waals surface area contributed by atoms with E-state index < -0.39 is 0 Å². The van der Waals surface area contributed by atoms with E-state index in [0.29, 0.717) is 15.6 Å². The van der Waals surface area contributed by atoms with Gasteiger partial charge in [0.2, 0.25) is 0 Å². The van der Waals surface area contributed by atoms with Crippen molar-refractivity contribution in [3.05, 3.63) is 51.8 Å². The van der Waals surface area contributed by atoms with E-state index in [2.05, 4.69) is 5.10 Å². The largest absolute Gasteiger partial charge is 0.294 e. The van der Waals surface area contributed by atoms with Gasteiger partial charge in [-0.15, -0.1) is 0 Å². The topological polar surface area (TPSA) is 34.9 Å². The number of Topliss-reactive ketones (excluding diaryl/α,β-unsaturated/α-hetero) is 1. The summed E-state index contributed by atoms with van der Waals surface area (Å²) >= 11 is 11.8. The Hall–Kier alpha value is -1.32. The smallest absolute Gasteiger partial charge is 0.170 e. The van der Waals surface area contributed by atoms with E-state index in [4.69, 9.17) is 23.2 Å². The average Bonchev–Trinajstić information content (AvgIpc) is 2.81. The van der Waals surface area contributed by atoms with Gasteiger partial charge in [-0.05, 0) is 24.6 Å². The zero-order valence-corrected chi connectivity index (χ0v) is 11.4. The molecule has 0 fully saturated rings. The molecule has 0 atom stereocenters. The Labute approximate surface area is 115 Å². The Balaban J connectivity index is 2.16.